The molecule has 0 aliphatic rings. The van der Waals surface area contributed by atoms with Crippen LogP contribution in [0.3, 0.4) is 0 Å². The SMILES string of the molecule is Cc1nn(C)c(CS(=O)(=O)c2cc(F)ccc2N)c1Cl. The first-order valence-electron chi connectivity index (χ1n) is 5.68. The Hall–Kier alpha value is -1.60. The molecule has 2 aromatic rings. The van der Waals surface area contributed by atoms with E-state index in [0.717, 1.165) is 12.1 Å². The zero-order valence-corrected chi connectivity index (χ0v) is 12.5. The minimum absolute atomic E-state index is 0.00131. The third-order valence-corrected chi connectivity index (χ3v) is 5.07. The molecule has 20 heavy (non-hydrogen) atoms. The number of halogens is 2. The Morgan fingerprint density at radius 3 is 2.65 bits per heavy atom. The van der Waals surface area contributed by atoms with Gasteiger partial charge in [0.25, 0.3) is 0 Å². The molecule has 0 bridgehead atoms. The highest BCUT2D eigenvalue weighted by Crippen LogP contribution is 2.27. The maximum Gasteiger partial charge on any atom is 0.186 e. The predicted molar refractivity (Wildman–Crippen MR) is 74.7 cm³/mol. The van der Waals surface area contributed by atoms with Crippen LogP contribution in [-0.4, -0.2) is 18.2 Å². The average Bonchev–Trinajstić information content (AvgIpc) is 2.59. The smallest absolute Gasteiger partial charge is 0.186 e. The van der Waals surface area contributed by atoms with Gasteiger partial charge in [0, 0.05) is 7.05 Å². The number of benzene rings is 1. The molecule has 0 aliphatic carbocycles. The normalized spacial score (nSPS) is 11.8. The van der Waals surface area contributed by atoms with Gasteiger partial charge in [0.1, 0.15) is 5.82 Å². The fourth-order valence-electron chi connectivity index (χ4n) is 1.87. The number of hydrogen-bond acceptors (Lipinski definition) is 4. The highest BCUT2D eigenvalue weighted by Gasteiger charge is 2.23. The van der Waals surface area contributed by atoms with Crippen LogP contribution in [0.25, 0.3) is 0 Å². The molecule has 2 rings (SSSR count). The molecule has 0 fully saturated rings. The molecular formula is C12H13ClFN3O2S. The number of nitrogens with zero attached hydrogens (tertiary/aromatic N) is 2. The van der Waals surface area contributed by atoms with Crippen LogP contribution in [0.4, 0.5) is 10.1 Å². The first kappa shape index (κ1) is 14.8. The molecule has 0 unspecified atom stereocenters. The van der Waals surface area contributed by atoms with Gasteiger partial charge in [0.2, 0.25) is 0 Å². The molecule has 0 aliphatic heterocycles. The second-order valence-corrected chi connectivity index (χ2v) is 6.75. The number of nitrogens with two attached hydrogens (primary N) is 1. The summed E-state index contributed by atoms with van der Waals surface area (Å²) in [5.41, 5.74) is 6.49. The lowest BCUT2D eigenvalue weighted by Gasteiger charge is -2.08. The zero-order chi connectivity index (χ0) is 15.1. The number of nitrogen functional groups attached to an aromatic ring is 1. The number of aromatic nitrogens is 2. The summed E-state index contributed by atoms with van der Waals surface area (Å²) in [5, 5.41) is 4.33. The molecule has 0 saturated carbocycles. The summed E-state index contributed by atoms with van der Waals surface area (Å²) in [6.45, 7) is 1.68. The second kappa shape index (κ2) is 5.06. The van der Waals surface area contributed by atoms with Gasteiger partial charge in [-0.3, -0.25) is 4.68 Å². The van der Waals surface area contributed by atoms with Gasteiger partial charge in [-0.15, -0.1) is 0 Å². The Kier molecular flexibility index (Phi) is 3.75. The summed E-state index contributed by atoms with van der Waals surface area (Å²) in [5.74, 6) is -1.05. The van der Waals surface area contributed by atoms with Gasteiger partial charge in [-0.05, 0) is 25.1 Å². The quantitative estimate of drug-likeness (QED) is 0.879. The molecule has 1 aromatic heterocycles. The third-order valence-electron chi connectivity index (χ3n) is 2.90. The molecular weight excluding hydrogens is 305 g/mol. The van der Waals surface area contributed by atoms with E-state index in [0.29, 0.717) is 11.4 Å². The van der Waals surface area contributed by atoms with E-state index in [1.54, 1.807) is 14.0 Å². The molecule has 2 N–H and O–H groups in total. The lowest BCUT2D eigenvalue weighted by Crippen LogP contribution is -2.11. The van der Waals surface area contributed by atoms with Crippen molar-refractivity contribution in [2.24, 2.45) is 7.05 Å². The minimum atomic E-state index is -3.81. The lowest BCUT2D eigenvalue weighted by atomic mass is 10.3. The zero-order valence-electron chi connectivity index (χ0n) is 10.9. The van der Waals surface area contributed by atoms with Crippen molar-refractivity contribution in [2.75, 3.05) is 5.73 Å². The second-order valence-electron chi connectivity index (χ2n) is 4.41. The van der Waals surface area contributed by atoms with E-state index in [2.05, 4.69) is 5.10 Å². The molecule has 0 spiro atoms. The Labute approximate surface area is 121 Å². The van der Waals surface area contributed by atoms with Crippen molar-refractivity contribution < 1.29 is 12.8 Å². The van der Waals surface area contributed by atoms with Crippen molar-refractivity contribution in [3.05, 3.63) is 40.4 Å². The van der Waals surface area contributed by atoms with E-state index in [1.165, 1.54) is 10.7 Å². The van der Waals surface area contributed by atoms with Crippen LogP contribution in [0.1, 0.15) is 11.4 Å². The van der Waals surface area contributed by atoms with E-state index in [-0.39, 0.29) is 15.6 Å². The van der Waals surface area contributed by atoms with Crippen LogP contribution < -0.4 is 5.73 Å². The summed E-state index contributed by atoms with van der Waals surface area (Å²) >= 11 is 6.03. The van der Waals surface area contributed by atoms with Crippen LogP contribution in [0.2, 0.25) is 5.02 Å². The largest absolute Gasteiger partial charge is 0.398 e. The fourth-order valence-corrected chi connectivity index (χ4v) is 3.74. The van der Waals surface area contributed by atoms with Gasteiger partial charge in [-0.1, -0.05) is 11.6 Å². The van der Waals surface area contributed by atoms with Crippen molar-refractivity contribution in [1.29, 1.82) is 0 Å². The Morgan fingerprint density at radius 1 is 1.45 bits per heavy atom. The molecule has 1 aromatic carbocycles. The number of sulfone groups is 1. The topological polar surface area (TPSA) is 78.0 Å². The van der Waals surface area contributed by atoms with Gasteiger partial charge in [0.15, 0.2) is 9.84 Å². The average molecular weight is 318 g/mol. The van der Waals surface area contributed by atoms with Gasteiger partial charge in [-0.25, -0.2) is 12.8 Å². The molecule has 5 nitrogen and oxygen atoms in total. The third kappa shape index (κ3) is 2.64. The van der Waals surface area contributed by atoms with E-state index in [4.69, 9.17) is 17.3 Å². The first-order chi connectivity index (χ1) is 9.22. The standard InChI is InChI=1S/C12H13ClFN3O2S/c1-7-12(13)10(17(2)16-7)6-20(18,19)11-5-8(14)3-4-9(11)15/h3-5H,6,15H2,1-2H3. The van der Waals surface area contributed by atoms with E-state index < -0.39 is 21.4 Å². The Morgan fingerprint density at radius 2 is 2.10 bits per heavy atom. The van der Waals surface area contributed by atoms with E-state index >= 15 is 0 Å². The van der Waals surface area contributed by atoms with Crippen molar-refractivity contribution in [2.45, 2.75) is 17.6 Å². The van der Waals surface area contributed by atoms with Crippen LogP contribution in [0.15, 0.2) is 23.1 Å². The van der Waals surface area contributed by atoms with Crippen molar-refractivity contribution in [3.8, 4) is 0 Å². The van der Waals surface area contributed by atoms with E-state index in [1.807, 2.05) is 0 Å². The highest BCUT2D eigenvalue weighted by molar-refractivity contribution is 7.90. The van der Waals surface area contributed by atoms with Crippen LogP contribution in [0, 0.1) is 12.7 Å². The Balaban J connectivity index is 2.49. The molecule has 0 amide bonds. The summed E-state index contributed by atoms with van der Waals surface area (Å²) in [4.78, 5) is -0.243. The molecule has 0 saturated heterocycles. The number of hydrogen-bond donors (Lipinski definition) is 1. The number of anilines is 1. The molecule has 8 heteroatoms. The van der Waals surface area contributed by atoms with Crippen molar-refractivity contribution in [1.82, 2.24) is 9.78 Å². The van der Waals surface area contributed by atoms with Crippen LogP contribution in [-0.2, 0) is 22.6 Å². The van der Waals surface area contributed by atoms with Crippen LogP contribution in [0.5, 0.6) is 0 Å². The monoisotopic (exact) mass is 317 g/mol. The van der Waals surface area contributed by atoms with Gasteiger partial charge < -0.3 is 5.73 Å². The predicted octanol–water partition coefficient (Wildman–Crippen LogP) is 2.08. The molecule has 0 radical (unpaired) electrons. The summed E-state index contributed by atoms with van der Waals surface area (Å²) in [6, 6.07) is 3.23. The van der Waals surface area contributed by atoms with E-state index in [9.17, 15) is 12.8 Å². The summed E-state index contributed by atoms with van der Waals surface area (Å²) < 4.78 is 39.3. The molecule has 0 atom stereocenters. The molecule has 108 valence electrons. The van der Waals surface area contributed by atoms with Crippen molar-refractivity contribution >= 4 is 27.1 Å². The fraction of sp³-hybridized carbons (Fsp3) is 0.250. The van der Waals surface area contributed by atoms with Gasteiger partial charge in [0.05, 0.1) is 32.7 Å². The number of aryl methyl sites for hydroxylation is 2. The van der Waals surface area contributed by atoms with Gasteiger partial charge in [-0.2, -0.15) is 5.10 Å². The summed E-state index contributed by atoms with van der Waals surface area (Å²) in [7, 11) is -2.21. The van der Waals surface area contributed by atoms with Crippen molar-refractivity contribution in [3.63, 3.8) is 0 Å². The molecule has 1 heterocycles. The lowest BCUT2D eigenvalue weighted by molar-refractivity contribution is 0.587. The summed E-state index contributed by atoms with van der Waals surface area (Å²) in [6.07, 6.45) is 0. The van der Waals surface area contributed by atoms with Crippen LogP contribution >= 0.6 is 11.6 Å². The van der Waals surface area contributed by atoms with Gasteiger partial charge >= 0.3 is 0 Å². The Bertz CT molecular complexity index is 771. The maximum atomic E-state index is 13.2. The maximum absolute atomic E-state index is 13.2. The number of rotatable bonds is 3. The minimum Gasteiger partial charge on any atom is -0.398 e. The first-order valence-corrected chi connectivity index (χ1v) is 7.71. The highest BCUT2D eigenvalue weighted by atomic mass is 35.5.